The van der Waals surface area contributed by atoms with Crippen molar-refractivity contribution in [2.45, 2.75) is 5.92 Å². The van der Waals surface area contributed by atoms with Crippen molar-refractivity contribution in [3.05, 3.63) is 99.4 Å². The van der Waals surface area contributed by atoms with Gasteiger partial charge in [0.25, 0.3) is 0 Å². The molecule has 0 bridgehead atoms. The zero-order chi connectivity index (χ0) is 28.3. The molecule has 1 aliphatic heterocycles. The summed E-state index contributed by atoms with van der Waals surface area (Å²) in [5, 5.41) is 21.1. The van der Waals surface area contributed by atoms with E-state index in [2.05, 4.69) is 22.0 Å². The van der Waals surface area contributed by atoms with Crippen LogP contribution in [0, 0.1) is 11.3 Å². The molecule has 1 atom stereocenters. The number of benzene rings is 3. The second-order valence-corrected chi connectivity index (χ2v) is 9.18. The number of nitrogens with two attached hydrogens (primary N) is 1. The highest BCUT2D eigenvalue weighted by molar-refractivity contribution is 9.10. The largest absolute Gasteiger partial charge is 0.507 e. The van der Waals surface area contributed by atoms with Crippen LogP contribution in [0.1, 0.15) is 11.5 Å². The van der Waals surface area contributed by atoms with Gasteiger partial charge >= 0.3 is 11.9 Å². The molecular weight excluding hydrogens is 566 g/mol. The molecule has 0 saturated heterocycles. The molecule has 39 heavy (non-hydrogen) atoms. The van der Waals surface area contributed by atoms with Crippen LogP contribution in [0.25, 0.3) is 11.1 Å². The van der Waals surface area contributed by atoms with Gasteiger partial charge in [0.1, 0.15) is 23.0 Å². The van der Waals surface area contributed by atoms with Crippen molar-refractivity contribution >= 4 is 33.6 Å². The number of nitriles is 1. The van der Waals surface area contributed by atoms with Gasteiger partial charge in [0.05, 0.1) is 55.7 Å². The van der Waals surface area contributed by atoms with E-state index in [0.29, 0.717) is 26.9 Å². The third-order valence-corrected chi connectivity index (χ3v) is 6.96. The first-order valence-electron chi connectivity index (χ1n) is 11.6. The van der Waals surface area contributed by atoms with Crippen LogP contribution in [0.3, 0.4) is 0 Å². The second kappa shape index (κ2) is 11.3. The lowest BCUT2D eigenvalue weighted by Crippen LogP contribution is -2.41. The van der Waals surface area contributed by atoms with Crippen molar-refractivity contribution in [2.75, 3.05) is 26.2 Å². The summed E-state index contributed by atoms with van der Waals surface area (Å²) in [5.74, 6) is -2.63. The molecule has 9 nitrogen and oxygen atoms in total. The summed E-state index contributed by atoms with van der Waals surface area (Å²) in [5.41, 5.74) is 7.78. The number of esters is 2. The Bertz CT molecular complexity index is 1560. The summed E-state index contributed by atoms with van der Waals surface area (Å²) >= 11 is 3.54. The summed E-state index contributed by atoms with van der Waals surface area (Å²) < 4.78 is 16.3. The first kappa shape index (κ1) is 27.3. The Balaban J connectivity index is 2.20. The maximum absolute atomic E-state index is 13.5. The number of aromatic hydroxyl groups is 1. The maximum atomic E-state index is 13.5. The van der Waals surface area contributed by atoms with Gasteiger partial charge in [-0.15, -0.1) is 0 Å². The van der Waals surface area contributed by atoms with Gasteiger partial charge in [-0.2, -0.15) is 5.26 Å². The Kier molecular flexibility index (Phi) is 7.93. The van der Waals surface area contributed by atoms with Crippen LogP contribution in [0.2, 0.25) is 0 Å². The highest BCUT2D eigenvalue weighted by atomic mass is 79.9. The van der Waals surface area contributed by atoms with Crippen LogP contribution in [-0.2, 0) is 19.1 Å². The molecule has 0 amide bonds. The number of methoxy groups -OCH3 is 3. The number of carbonyl (C=O) groups excluding carboxylic acids is 2. The topological polar surface area (TPSA) is 135 Å². The molecule has 0 aliphatic carbocycles. The average Bonchev–Trinajstić information content (AvgIpc) is 2.96. The number of rotatable bonds is 6. The highest BCUT2D eigenvalue weighted by Gasteiger charge is 2.44. The molecule has 0 aromatic heterocycles. The number of ether oxygens (including phenoxy) is 3. The number of phenolic OH excluding ortho intramolecular Hbond substituents is 1. The number of nitrogens with zero attached hydrogens (tertiary/aromatic N) is 2. The number of hydrogen-bond acceptors (Lipinski definition) is 9. The number of allylic oxidation sites excluding steroid dienone is 1. The fourth-order valence-corrected chi connectivity index (χ4v) is 5.13. The van der Waals surface area contributed by atoms with Gasteiger partial charge in [-0.1, -0.05) is 48.5 Å². The molecule has 0 saturated carbocycles. The number of hydrogen-bond donors (Lipinski definition) is 2. The highest BCUT2D eigenvalue weighted by Crippen LogP contribution is 2.51. The first-order chi connectivity index (χ1) is 18.8. The molecule has 0 spiro atoms. The molecule has 4 rings (SSSR count). The van der Waals surface area contributed by atoms with Crippen molar-refractivity contribution in [2.24, 2.45) is 5.73 Å². The second-order valence-electron chi connectivity index (χ2n) is 8.33. The summed E-state index contributed by atoms with van der Waals surface area (Å²) in [6.07, 6.45) is 0. The summed E-state index contributed by atoms with van der Waals surface area (Å²) in [4.78, 5) is 28.1. The molecule has 198 valence electrons. The molecule has 1 heterocycles. The van der Waals surface area contributed by atoms with Crippen LogP contribution in [-0.4, -0.2) is 38.4 Å². The lowest BCUT2D eigenvalue weighted by atomic mass is 9.80. The molecule has 3 aromatic rings. The molecule has 1 aliphatic rings. The van der Waals surface area contributed by atoms with Gasteiger partial charge in [0.15, 0.2) is 0 Å². The van der Waals surface area contributed by atoms with E-state index in [1.165, 1.54) is 32.3 Å². The van der Waals surface area contributed by atoms with Gasteiger partial charge in [0.2, 0.25) is 0 Å². The van der Waals surface area contributed by atoms with Gasteiger partial charge in [-0.3, -0.25) is 4.90 Å². The summed E-state index contributed by atoms with van der Waals surface area (Å²) in [7, 11) is 3.80. The third kappa shape index (κ3) is 4.69. The Hall–Kier alpha value is -4.75. The van der Waals surface area contributed by atoms with E-state index >= 15 is 0 Å². The third-order valence-electron chi connectivity index (χ3n) is 6.32. The van der Waals surface area contributed by atoms with E-state index < -0.39 is 17.9 Å². The van der Waals surface area contributed by atoms with Crippen molar-refractivity contribution in [1.82, 2.24) is 0 Å². The fourth-order valence-electron chi connectivity index (χ4n) is 4.63. The molecule has 3 aromatic carbocycles. The summed E-state index contributed by atoms with van der Waals surface area (Å²) in [6, 6.07) is 20.7. The van der Waals surface area contributed by atoms with Crippen LogP contribution >= 0.6 is 15.9 Å². The zero-order valence-corrected chi connectivity index (χ0v) is 22.9. The molecule has 0 fully saturated rings. The average molecular weight is 590 g/mol. The molecule has 10 heteroatoms. The number of carbonyl (C=O) groups is 2. The minimum atomic E-state index is -1.02. The van der Waals surface area contributed by atoms with Gasteiger partial charge in [-0.25, -0.2) is 9.59 Å². The standard InChI is InChI=1S/C29H24BrN3O6/c1-37-21-14-13-19(30)25(23(21)17-11-7-8-12-20(17)34)33-26(29(36)39-3)24(28(35)38-2)22(18(15-31)27(33)32)16-9-5-4-6-10-16/h4-14,22,34H,32H2,1-3H3. The van der Waals surface area contributed by atoms with E-state index in [1.54, 1.807) is 60.7 Å². The van der Waals surface area contributed by atoms with Gasteiger partial charge in [-0.05, 0) is 39.7 Å². The molecule has 0 radical (unpaired) electrons. The van der Waals surface area contributed by atoms with Crippen LogP contribution in [0.4, 0.5) is 5.69 Å². The smallest absolute Gasteiger partial charge is 0.355 e. The van der Waals surface area contributed by atoms with Crippen LogP contribution in [0.5, 0.6) is 11.5 Å². The van der Waals surface area contributed by atoms with Crippen molar-refractivity contribution in [3.8, 4) is 28.7 Å². The fraction of sp³-hybridized carbons (Fsp3) is 0.138. The summed E-state index contributed by atoms with van der Waals surface area (Å²) in [6.45, 7) is 0. The van der Waals surface area contributed by atoms with E-state index in [-0.39, 0.29) is 34.1 Å². The lowest BCUT2D eigenvalue weighted by molar-refractivity contribution is -0.139. The van der Waals surface area contributed by atoms with E-state index in [9.17, 15) is 20.0 Å². The van der Waals surface area contributed by atoms with E-state index in [1.807, 2.05) is 0 Å². The number of anilines is 1. The predicted octanol–water partition coefficient (Wildman–Crippen LogP) is 4.73. The van der Waals surface area contributed by atoms with Crippen molar-refractivity contribution in [3.63, 3.8) is 0 Å². The van der Waals surface area contributed by atoms with Crippen LogP contribution < -0.4 is 15.4 Å². The number of phenols is 1. The molecular formula is C29H24BrN3O6. The van der Waals surface area contributed by atoms with Gasteiger partial charge in [0, 0.05) is 10.0 Å². The quantitative estimate of drug-likeness (QED) is 0.391. The molecule has 1 unspecified atom stereocenters. The SMILES string of the molecule is COC(=O)C1=C(C(=O)OC)N(c2c(Br)ccc(OC)c2-c2ccccc2O)C(N)=C(C#N)C1c1ccccc1. The Morgan fingerprint density at radius 3 is 2.21 bits per heavy atom. The lowest BCUT2D eigenvalue weighted by Gasteiger charge is -2.37. The van der Waals surface area contributed by atoms with E-state index in [0.717, 1.165) is 0 Å². The van der Waals surface area contributed by atoms with Crippen molar-refractivity contribution in [1.29, 1.82) is 5.26 Å². The maximum Gasteiger partial charge on any atom is 0.355 e. The van der Waals surface area contributed by atoms with Gasteiger partial charge < -0.3 is 25.1 Å². The molecule has 3 N–H and O–H groups in total. The van der Waals surface area contributed by atoms with Crippen LogP contribution in [0.15, 0.2) is 93.9 Å². The normalized spacial score (nSPS) is 15.1. The zero-order valence-electron chi connectivity index (χ0n) is 21.3. The number of halogens is 1. The minimum absolute atomic E-state index is 0.00667. The predicted molar refractivity (Wildman–Crippen MR) is 147 cm³/mol. The first-order valence-corrected chi connectivity index (χ1v) is 12.4. The Morgan fingerprint density at radius 2 is 1.62 bits per heavy atom. The monoisotopic (exact) mass is 589 g/mol. The number of para-hydroxylation sites is 1. The van der Waals surface area contributed by atoms with E-state index in [4.69, 9.17) is 19.9 Å². The Morgan fingerprint density at radius 1 is 0.974 bits per heavy atom. The Labute approximate surface area is 233 Å². The minimum Gasteiger partial charge on any atom is -0.507 e. The van der Waals surface area contributed by atoms with Crippen molar-refractivity contribution < 1.29 is 28.9 Å².